The molecule has 6 heteroatoms. The zero-order chi connectivity index (χ0) is 15.9. The summed E-state index contributed by atoms with van der Waals surface area (Å²) in [5, 5.41) is 8.19. The molecule has 3 rings (SSSR count). The van der Waals surface area contributed by atoms with Crippen molar-refractivity contribution in [1.29, 1.82) is 0 Å². The van der Waals surface area contributed by atoms with E-state index in [0.29, 0.717) is 24.1 Å². The van der Waals surface area contributed by atoms with Crippen molar-refractivity contribution in [2.45, 2.75) is 5.75 Å². The second kappa shape index (κ2) is 8.17. The van der Waals surface area contributed by atoms with E-state index in [-0.39, 0.29) is 0 Å². The molecule has 0 amide bonds. The van der Waals surface area contributed by atoms with E-state index in [4.69, 9.17) is 9.15 Å². The zero-order valence-electron chi connectivity index (χ0n) is 12.3. The van der Waals surface area contributed by atoms with Crippen molar-refractivity contribution in [1.82, 2.24) is 10.2 Å². The van der Waals surface area contributed by atoms with Crippen molar-refractivity contribution in [3.05, 3.63) is 65.0 Å². The van der Waals surface area contributed by atoms with E-state index in [2.05, 4.69) is 26.1 Å². The molecule has 118 valence electrons. The van der Waals surface area contributed by atoms with Crippen LogP contribution in [0.15, 0.2) is 63.5 Å². The largest absolute Gasteiger partial charge is 0.493 e. The van der Waals surface area contributed by atoms with Gasteiger partial charge in [-0.05, 0) is 40.2 Å². The molecule has 3 aromatic rings. The topological polar surface area (TPSA) is 48.2 Å². The van der Waals surface area contributed by atoms with E-state index >= 15 is 0 Å². The molecule has 0 aliphatic rings. The van der Waals surface area contributed by atoms with E-state index in [1.165, 1.54) is 0 Å². The second-order valence-electron chi connectivity index (χ2n) is 4.69. The van der Waals surface area contributed by atoms with Crippen LogP contribution in [0, 0.1) is 0 Å². The normalized spacial score (nSPS) is 10.7. The Morgan fingerprint density at radius 1 is 1.00 bits per heavy atom. The van der Waals surface area contributed by atoms with Gasteiger partial charge in [-0.1, -0.05) is 30.3 Å². The van der Waals surface area contributed by atoms with Crippen LogP contribution in [0.3, 0.4) is 0 Å². The lowest BCUT2D eigenvalue weighted by molar-refractivity contribution is 0.344. The summed E-state index contributed by atoms with van der Waals surface area (Å²) >= 11 is 5.19. The first kappa shape index (κ1) is 16.1. The lowest BCUT2D eigenvalue weighted by Gasteiger charge is -2.04. The average molecular weight is 391 g/mol. The molecule has 0 fully saturated rings. The Morgan fingerprint density at radius 2 is 1.78 bits per heavy atom. The summed E-state index contributed by atoms with van der Waals surface area (Å²) in [6, 6.07) is 17.6. The van der Waals surface area contributed by atoms with Crippen molar-refractivity contribution >= 4 is 27.7 Å². The van der Waals surface area contributed by atoms with Crippen molar-refractivity contribution < 1.29 is 9.15 Å². The van der Waals surface area contributed by atoms with Gasteiger partial charge in [-0.15, -0.1) is 22.0 Å². The lowest BCUT2D eigenvalue weighted by Crippen LogP contribution is -2.00. The molecule has 0 aliphatic carbocycles. The van der Waals surface area contributed by atoms with Gasteiger partial charge in [0, 0.05) is 10.2 Å². The van der Waals surface area contributed by atoms with Gasteiger partial charge in [-0.25, -0.2) is 0 Å². The minimum absolute atomic E-state index is 0.536. The highest BCUT2D eigenvalue weighted by molar-refractivity contribution is 9.10. The summed E-state index contributed by atoms with van der Waals surface area (Å²) in [4.78, 5) is 0. The van der Waals surface area contributed by atoms with Crippen LogP contribution in [0.1, 0.15) is 5.89 Å². The lowest BCUT2D eigenvalue weighted by atomic mass is 10.2. The van der Waals surface area contributed by atoms with Crippen molar-refractivity contribution in [3.8, 4) is 17.2 Å². The van der Waals surface area contributed by atoms with Crippen LogP contribution in [0.5, 0.6) is 5.75 Å². The fraction of sp³-hybridized carbons (Fsp3) is 0.176. The quantitative estimate of drug-likeness (QED) is 0.541. The minimum Gasteiger partial charge on any atom is -0.493 e. The molecular formula is C17H15BrN2O2S. The number of hydrogen-bond acceptors (Lipinski definition) is 5. The molecule has 1 heterocycles. The molecule has 0 saturated heterocycles. The Hall–Kier alpha value is -1.79. The van der Waals surface area contributed by atoms with Crippen LogP contribution >= 0.6 is 27.7 Å². The Bertz CT molecular complexity index is 749. The van der Waals surface area contributed by atoms with Gasteiger partial charge in [0.15, 0.2) is 0 Å². The Balaban J connectivity index is 1.46. The molecule has 0 radical (unpaired) electrons. The molecule has 1 aromatic heterocycles. The smallest absolute Gasteiger partial charge is 0.248 e. The van der Waals surface area contributed by atoms with Crippen LogP contribution in [0.25, 0.3) is 11.5 Å². The van der Waals surface area contributed by atoms with Gasteiger partial charge in [0.2, 0.25) is 11.8 Å². The van der Waals surface area contributed by atoms with E-state index in [1.807, 2.05) is 54.6 Å². The SMILES string of the molecule is Brc1ccccc1-c1nnc(CSCCOc2ccccc2)o1. The van der Waals surface area contributed by atoms with E-state index < -0.39 is 0 Å². The van der Waals surface area contributed by atoms with Crippen LogP contribution in [-0.2, 0) is 5.75 Å². The van der Waals surface area contributed by atoms with E-state index in [0.717, 1.165) is 21.5 Å². The average Bonchev–Trinajstić information content (AvgIpc) is 3.04. The molecule has 0 unspecified atom stereocenters. The highest BCUT2D eigenvalue weighted by atomic mass is 79.9. The van der Waals surface area contributed by atoms with Gasteiger partial charge in [0.1, 0.15) is 5.75 Å². The number of halogens is 1. The van der Waals surface area contributed by atoms with Crippen LogP contribution < -0.4 is 4.74 Å². The standard InChI is InChI=1S/C17H15BrN2O2S/c18-15-9-5-4-8-14(15)17-20-19-16(22-17)12-23-11-10-21-13-6-2-1-3-7-13/h1-9H,10-12H2. The maximum absolute atomic E-state index is 5.70. The number of thioether (sulfide) groups is 1. The predicted octanol–water partition coefficient (Wildman–Crippen LogP) is 4.81. The summed E-state index contributed by atoms with van der Waals surface area (Å²) in [5.74, 6) is 3.59. The Labute approximate surface area is 147 Å². The van der Waals surface area contributed by atoms with Gasteiger partial charge < -0.3 is 9.15 Å². The van der Waals surface area contributed by atoms with Crippen molar-refractivity contribution in [2.24, 2.45) is 0 Å². The summed E-state index contributed by atoms with van der Waals surface area (Å²) in [6.07, 6.45) is 0. The van der Waals surface area contributed by atoms with Gasteiger partial charge >= 0.3 is 0 Å². The summed E-state index contributed by atoms with van der Waals surface area (Å²) in [6.45, 7) is 0.653. The molecule has 2 aromatic carbocycles. The number of ether oxygens (including phenoxy) is 1. The molecule has 0 atom stereocenters. The summed E-state index contributed by atoms with van der Waals surface area (Å²) < 4.78 is 12.3. The monoisotopic (exact) mass is 390 g/mol. The third-order valence-electron chi connectivity index (χ3n) is 3.04. The second-order valence-corrected chi connectivity index (χ2v) is 6.65. The molecular weight excluding hydrogens is 376 g/mol. The first-order valence-electron chi connectivity index (χ1n) is 7.16. The molecule has 0 N–H and O–H groups in total. The predicted molar refractivity (Wildman–Crippen MR) is 95.5 cm³/mol. The first-order chi connectivity index (χ1) is 11.3. The summed E-state index contributed by atoms with van der Waals surface area (Å²) in [5.41, 5.74) is 0.906. The van der Waals surface area contributed by atoms with Gasteiger partial charge in [0.05, 0.1) is 17.9 Å². The first-order valence-corrected chi connectivity index (χ1v) is 9.10. The van der Waals surface area contributed by atoms with Crippen molar-refractivity contribution in [2.75, 3.05) is 12.4 Å². The maximum Gasteiger partial charge on any atom is 0.248 e. The van der Waals surface area contributed by atoms with Crippen molar-refractivity contribution in [3.63, 3.8) is 0 Å². The highest BCUT2D eigenvalue weighted by Gasteiger charge is 2.11. The number of nitrogens with zero attached hydrogens (tertiary/aromatic N) is 2. The molecule has 4 nitrogen and oxygen atoms in total. The Kier molecular flexibility index (Phi) is 5.71. The number of aromatic nitrogens is 2. The number of benzene rings is 2. The van der Waals surface area contributed by atoms with Crippen LogP contribution in [0.2, 0.25) is 0 Å². The van der Waals surface area contributed by atoms with Gasteiger partial charge in [-0.2, -0.15) is 0 Å². The fourth-order valence-corrected chi connectivity index (χ4v) is 3.04. The van der Waals surface area contributed by atoms with Crippen LogP contribution in [0.4, 0.5) is 0 Å². The molecule has 0 bridgehead atoms. The molecule has 0 saturated carbocycles. The molecule has 0 spiro atoms. The molecule has 23 heavy (non-hydrogen) atoms. The number of rotatable bonds is 7. The van der Waals surface area contributed by atoms with Crippen LogP contribution in [-0.4, -0.2) is 22.6 Å². The highest BCUT2D eigenvalue weighted by Crippen LogP contribution is 2.27. The third-order valence-corrected chi connectivity index (χ3v) is 4.63. The van der Waals surface area contributed by atoms with E-state index in [9.17, 15) is 0 Å². The summed E-state index contributed by atoms with van der Waals surface area (Å²) in [7, 11) is 0. The zero-order valence-corrected chi connectivity index (χ0v) is 14.7. The third kappa shape index (κ3) is 4.59. The fourth-order valence-electron chi connectivity index (χ4n) is 1.95. The van der Waals surface area contributed by atoms with Gasteiger partial charge in [-0.3, -0.25) is 0 Å². The minimum atomic E-state index is 0.536. The number of hydrogen-bond donors (Lipinski definition) is 0. The maximum atomic E-state index is 5.70. The van der Waals surface area contributed by atoms with E-state index in [1.54, 1.807) is 11.8 Å². The molecule has 0 aliphatic heterocycles. The van der Waals surface area contributed by atoms with Gasteiger partial charge in [0.25, 0.3) is 0 Å². The Morgan fingerprint density at radius 3 is 2.61 bits per heavy atom. The number of para-hydroxylation sites is 1.